The van der Waals surface area contributed by atoms with Gasteiger partial charge in [-0.05, 0) is 36.5 Å². The number of thiazole rings is 1. The van der Waals surface area contributed by atoms with E-state index >= 15 is 0 Å². The molecule has 2 aromatic carbocycles. The number of anilines is 1. The quantitative estimate of drug-likeness (QED) is 0.582. The molecule has 2 nitrogen and oxygen atoms in total. The lowest BCUT2D eigenvalue weighted by molar-refractivity contribution is 0.774. The van der Waals surface area contributed by atoms with E-state index < -0.39 is 0 Å². The van der Waals surface area contributed by atoms with E-state index in [0.29, 0.717) is 0 Å². The highest BCUT2D eigenvalue weighted by atomic mass is 35.5. The van der Waals surface area contributed by atoms with E-state index in [9.17, 15) is 0 Å². The largest absolute Gasteiger partial charge is 0.375 e. The molecule has 0 amide bonds. The lowest BCUT2D eigenvalue weighted by Crippen LogP contribution is -1.96. The molecule has 1 aromatic heterocycles. The van der Waals surface area contributed by atoms with Gasteiger partial charge in [0, 0.05) is 12.1 Å². The van der Waals surface area contributed by atoms with Crippen LogP contribution in [-0.2, 0) is 6.42 Å². The van der Waals surface area contributed by atoms with Crippen LogP contribution in [0.25, 0.3) is 11.6 Å². The van der Waals surface area contributed by atoms with Crippen molar-refractivity contribution in [2.75, 3.05) is 11.9 Å². The Kier molecular flexibility index (Phi) is 5.90. The number of nitrogens with one attached hydrogen (secondary N) is 1. The first-order valence-electron chi connectivity index (χ1n) is 8.46. The highest BCUT2D eigenvalue weighted by molar-refractivity contribution is 7.17. The van der Waals surface area contributed by atoms with Crippen molar-refractivity contribution in [1.82, 2.24) is 4.98 Å². The van der Waals surface area contributed by atoms with Crippen LogP contribution in [0.1, 0.15) is 34.7 Å². The topological polar surface area (TPSA) is 24.9 Å². The Morgan fingerprint density at radius 2 is 1.68 bits per heavy atom. The Bertz CT molecular complexity index is 817. The van der Waals surface area contributed by atoms with Gasteiger partial charge in [-0.15, -0.1) is 12.4 Å². The van der Waals surface area contributed by atoms with Crippen LogP contribution < -0.4 is 5.32 Å². The van der Waals surface area contributed by atoms with Gasteiger partial charge in [0.1, 0.15) is 10.0 Å². The van der Waals surface area contributed by atoms with Gasteiger partial charge in [0.15, 0.2) is 0 Å². The number of fused-ring (bicyclic) bond motifs is 1. The van der Waals surface area contributed by atoms with Crippen LogP contribution in [0.5, 0.6) is 0 Å². The highest BCUT2D eigenvalue weighted by Crippen LogP contribution is 2.35. The van der Waals surface area contributed by atoms with E-state index in [0.717, 1.165) is 18.0 Å². The van der Waals surface area contributed by atoms with Crippen LogP contribution in [0.2, 0.25) is 0 Å². The number of hydrogen-bond donors (Lipinski definition) is 1. The summed E-state index contributed by atoms with van der Waals surface area (Å²) in [4.78, 5) is 4.97. The fourth-order valence-electron chi connectivity index (χ4n) is 3.00. The third kappa shape index (κ3) is 4.12. The monoisotopic (exact) mass is 368 g/mol. The number of benzene rings is 2. The summed E-state index contributed by atoms with van der Waals surface area (Å²) in [5.74, 6) is 0. The summed E-state index contributed by atoms with van der Waals surface area (Å²) in [6, 6.07) is 21.0. The molecule has 2 heterocycles. The number of aromatic nitrogens is 1. The number of halogens is 1. The standard InChI is InChI=1S/C21H20N2S.ClH/c1-3-9-16(10-4-1)15-18(17-11-5-2-6-12-17)20-23-19-13-7-8-14-22-21(19)24-20;/h1-6,9-12,15,22H,7-8,13-14H2;1H. The number of rotatable bonds is 3. The molecule has 1 aliphatic heterocycles. The third-order valence-corrected chi connectivity index (χ3v) is 5.34. The molecule has 128 valence electrons. The van der Waals surface area contributed by atoms with Gasteiger partial charge in [-0.3, -0.25) is 0 Å². The van der Waals surface area contributed by atoms with Gasteiger partial charge >= 0.3 is 0 Å². The SMILES string of the molecule is C(=C(c1ccccc1)c1nc2c(s1)NCCCC2)c1ccccc1.Cl. The van der Waals surface area contributed by atoms with Crippen LogP contribution in [-0.4, -0.2) is 11.5 Å². The average Bonchev–Trinajstić information content (AvgIpc) is 2.91. The third-order valence-electron chi connectivity index (χ3n) is 4.25. The maximum atomic E-state index is 4.97. The second-order valence-corrected chi connectivity index (χ2v) is 7.01. The Balaban J connectivity index is 0.00000182. The van der Waals surface area contributed by atoms with Crippen molar-refractivity contribution in [2.45, 2.75) is 19.3 Å². The molecule has 4 rings (SSSR count). The second kappa shape index (κ2) is 8.32. The lowest BCUT2D eigenvalue weighted by Gasteiger charge is -2.05. The molecule has 25 heavy (non-hydrogen) atoms. The van der Waals surface area contributed by atoms with E-state index in [4.69, 9.17) is 4.98 Å². The van der Waals surface area contributed by atoms with Crippen LogP contribution in [0.4, 0.5) is 5.00 Å². The lowest BCUT2D eigenvalue weighted by atomic mass is 10.0. The first-order chi connectivity index (χ1) is 11.9. The maximum Gasteiger partial charge on any atom is 0.126 e. The maximum absolute atomic E-state index is 4.97. The first kappa shape index (κ1) is 17.7. The minimum atomic E-state index is 0. The van der Waals surface area contributed by atoms with Crippen molar-refractivity contribution in [2.24, 2.45) is 0 Å². The smallest absolute Gasteiger partial charge is 0.126 e. The van der Waals surface area contributed by atoms with E-state index in [2.05, 4.69) is 72.1 Å². The zero-order valence-corrected chi connectivity index (χ0v) is 15.6. The molecule has 0 atom stereocenters. The van der Waals surface area contributed by atoms with Crippen molar-refractivity contribution in [1.29, 1.82) is 0 Å². The van der Waals surface area contributed by atoms with Crippen molar-refractivity contribution in [3.8, 4) is 0 Å². The molecule has 0 saturated heterocycles. The van der Waals surface area contributed by atoms with Crippen molar-refractivity contribution < 1.29 is 0 Å². The molecule has 0 radical (unpaired) electrons. The number of nitrogens with zero attached hydrogens (tertiary/aromatic N) is 1. The Morgan fingerprint density at radius 3 is 2.44 bits per heavy atom. The van der Waals surface area contributed by atoms with Gasteiger partial charge < -0.3 is 5.32 Å². The minimum Gasteiger partial charge on any atom is -0.375 e. The van der Waals surface area contributed by atoms with Crippen molar-refractivity contribution in [3.63, 3.8) is 0 Å². The molecule has 0 bridgehead atoms. The van der Waals surface area contributed by atoms with Gasteiger partial charge in [-0.2, -0.15) is 0 Å². The van der Waals surface area contributed by atoms with Gasteiger partial charge in [0.25, 0.3) is 0 Å². The zero-order chi connectivity index (χ0) is 16.2. The van der Waals surface area contributed by atoms with E-state index in [1.54, 1.807) is 11.3 Å². The molecule has 4 heteroatoms. The first-order valence-corrected chi connectivity index (χ1v) is 9.28. The molecule has 3 aromatic rings. The summed E-state index contributed by atoms with van der Waals surface area (Å²) in [5.41, 5.74) is 4.84. The Hall–Kier alpha value is -2.10. The second-order valence-electron chi connectivity index (χ2n) is 6.01. The predicted molar refractivity (Wildman–Crippen MR) is 111 cm³/mol. The number of hydrogen-bond acceptors (Lipinski definition) is 3. The van der Waals surface area contributed by atoms with Gasteiger partial charge in [0.2, 0.25) is 0 Å². The van der Waals surface area contributed by atoms with E-state index in [1.165, 1.54) is 40.2 Å². The summed E-state index contributed by atoms with van der Waals surface area (Å²) in [7, 11) is 0. The fourth-order valence-corrected chi connectivity index (χ4v) is 4.07. The molecular weight excluding hydrogens is 348 g/mol. The average molecular weight is 369 g/mol. The van der Waals surface area contributed by atoms with Crippen molar-refractivity contribution >= 4 is 40.4 Å². The van der Waals surface area contributed by atoms with Gasteiger partial charge in [-0.1, -0.05) is 72.0 Å². The van der Waals surface area contributed by atoms with E-state index in [-0.39, 0.29) is 12.4 Å². The normalized spacial score (nSPS) is 14.0. The van der Waals surface area contributed by atoms with Gasteiger partial charge in [-0.25, -0.2) is 4.98 Å². The highest BCUT2D eigenvalue weighted by Gasteiger charge is 2.17. The van der Waals surface area contributed by atoms with Crippen LogP contribution in [0.3, 0.4) is 0 Å². The molecule has 0 aliphatic carbocycles. The Morgan fingerprint density at radius 1 is 0.960 bits per heavy atom. The molecule has 1 N–H and O–H groups in total. The van der Waals surface area contributed by atoms with Crippen LogP contribution in [0.15, 0.2) is 60.7 Å². The Labute approximate surface area is 159 Å². The van der Waals surface area contributed by atoms with Gasteiger partial charge in [0.05, 0.1) is 5.69 Å². The van der Waals surface area contributed by atoms with Crippen molar-refractivity contribution in [3.05, 3.63) is 82.5 Å². The summed E-state index contributed by atoms with van der Waals surface area (Å²) >= 11 is 1.78. The molecule has 0 fully saturated rings. The molecule has 0 unspecified atom stereocenters. The van der Waals surface area contributed by atoms with Crippen LogP contribution in [0, 0.1) is 0 Å². The van der Waals surface area contributed by atoms with E-state index in [1.807, 2.05) is 0 Å². The fraction of sp³-hybridized carbons (Fsp3) is 0.190. The number of aryl methyl sites for hydroxylation is 1. The molecular formula is C21H21ClN2S. The summed E-state index contributed by atoms with van der Waals surface area (Å²) < 4.78 is 0. The summed E-state index contributed by atoms with van der Waals surface area (Å²) in [6.45, 7) is 1.05. The zero-order valence-electron chi connectivity index (χ0n) is 13.9. The predicted octanol–water partition coefficient (Wildman–Crippen LogP) is 5.90. The molecule has 0 saturated carbocycles. The minimum absolute atomic E-state index is 0. The molecule has 1 aliphatic rings. The summed E-state index contributed by atoms with van der Waals surface area (Å²) in [6.07, 6.45) is 5.76. The van der Waals surface area contributed by atoms with Crippen LogP contribution >= 0.6 is 23.7 Å². The summed E-state index contributed by atoms with van der Waals surface area (Å²) in [5, 5.41) is 5.89. The molecule has 0 spiro atoms.